The first-order chi connectivity index (χ1) is 9.34. The summed E-state index contributed by atoms with van der Waals surface area (Å²) in [6.45, 7) is 3.91. The Hall–Kier alpha value is -1.62. The zero-order valence-corrected chi connectivity index (χ0v) is 10.8. The first-order valence-corrected chi connectivity index (χ1v) is 6.60. The van der Waals surface area contributed by atoms with Crippen LogP contribution in [0.3, 0.4) is 0 Å². The molecule has 0 atom stereocenters. The van der Waals surface area contributed by atoms with Crippen LogP contribution in [0.4, 0.5) is 0 Å². The van der Waals surface area contributed by atoms with Gasteiger partial charge in [0.2, 0.25) is 0 Å². The number of hydrazine groups is 1. The molecular formula is C15H18N2O2. The number of nitrogens with zero attached hydrogens (tertiary/aromatic N) is 1. The summed E-state index contributed by atoms with van der Waals surface area (Å²) in [5, 5.41) is 14.5. The van der Waals surface area contributed by atoms with E-state index in [1.54, 1.807) is 6.07 Å². The van der Waals surface area contributed by atoms with E-state index >= 15 is 0 Å². The molecule has 1 aliphatic heterocycles. The molecule has 2 N–H and O–H groups in total. The van der Waals surface area contributed by atoms with Crippen molar-refractivity contribution in [3.63, 3.8) is 0 Å². The number of phenols is 1. The Morgan fingerprint density at radius 3 is 2.74 bits per heavy atom. The largest absolute Gasteiger partial charge is 0.508 e. The van der Waals surface area contributed by atoms with Gasteiger partial charge in [-0.1, -0.05) is 30.3 Å². The van der Waals surface area contributed by atoms with Crippen molar-refractivity contribution < 1.29 is 9.84 Å². The first kappa shape index (κ1) is 12.4. The first-order valence-electron chi connectivity index (χ1n) is 6.60. The lowest BCUT2D eigenvalue weighted by Crippen LogP contribution is -2.45. The molecule has 1 saturated heterocycles. The van der Waals surface area contributed by atoms with E-state index in [0.29, 0.717) is 12.3 Å². The molecule has 4 nitrogen and oxygen atoms in total. The van der Waals surface area contributed by atoms with Gasteiger partial charge in [-0.3, -0.25) is 5.43 Å². The van der Waals surface area contributed by atoms with Gasteiger partial charge in [-0.05, 0) is 16.8 Å². The Kier molecular flexibility index (Phi) is 3.64. The number of hydrogen-bond acceptors (Lipinski definition) is 4. The molecule has 1 aliphatic rings. The van der Waals surface area contributed by atoms with Gasteiger partial charge in [0, 0.05) is 25.2 Å². The Bertz CT molecular complexity index is 565. The van der Waals surface area contributed by atoms with Crippen molar-refractivity contribution in [2.24, 2.45) is 0 Å². The molecule has 2 aromatic rings. The van der Waals surface area contributed by atoms with Crippen molar-refractivity contribution in [1.29, 1.82) is 0 Å². The second kappa shape index (κ2) is 5.57. The summed E-state index contributed by atoms with van der Waals surface area (Å²) in [4.78, 5) is 0. The van der Waals surface area contributed by atoms with Crippen molar-refractivity contribution in [3.8, 4) is 5.75 Å². The van der Waals surface area contributed by atoms with Crippen molar-refractivity contribution in [1.82, 2.24) is 10.4 Å². The fraction of sp³-hybridized carbons (Fsp3) is 0.333. The number of benzene rings is 2. The van der Waals surface area contributed by atoms with Gasteiger partial charge in [0.1, 0.15) is 5.75 Å². The summed E-state index contributed by atoms with van der Waals surface area (Å²) in [6, 6.07) is 11.8. The topological polar surface area (TPSA) is 44.7 Å². The molecule has 3 rings (SSSR count). The number of hydrogen-bond donors (Lipinski definition) is 2. The van der Waals surface area contributed by atoms with Crippen LogP contribution in [-0.4, -0.2) is 36.4 Å². The molecule has 0 aromatic heterocycles. The third-order valence-corrected chi connectivity index (χ3v) is 3.51. The number of fused-ring (bicyclic) bond motifs is 1. The third-order valence-electron chi connectivity index (χ3n) is 3.51. The summed E-state index contributed by atoms with van der Waals surface area (Å²) in [5.41, 5.74) is 4.31. The summed E-state index contributed by atoms with van der Waals surface area (Å²) >= 11 is 0. The van der Waals surface area contributed by atoms with Crippen molar-refractivity contribution in [3.05, 3.63) is 42.0 Å². The molecule has 2 aromatic carbocycles. The third kappa shape index (κ3) is 2.71. The summed E-state index contributed by atoms with van der Waals surface area (Å²) in [6.07, 6.45) is 0. The molecule has 1 fully saturated rings. The van der Waals surface area contributed by atoms with Gasteiger partial charge in [0.05, 0.1) is 13.2 Å². The number of aromatic hydroxyl groups is 1. The quantitative estimate of drug-likeness (QED) is 0.882. The maximum absolute atomic E-state index is 10.1. The average molecular weight is 258 g/mol. The molecular weight excluding hydrogens is 240 g/mol. The van der Waals surface area contributed by atoms with E-state index in [0.717, 1.165) is 42.6 Å². The van der Waals surface area contributed by atoms with E-state index < -0.39 is 0 Å². The zero-order valence-electron chi connectivity index (χ0n) is 10.8. The van der Waals surface area contributed by atoms with E-state index in [1.165, 1.54) is 0 Å². The zero-order chi connectivity index (χ0) is 13.1. The number of nitrogens with one attached hydrogen (secondary N) is 1. The maximum Gasteiger partial charge on any atom is 0.120 e. The molecule has 4 heteroatoms. The van der Waals surface area contributed by atoms with Crippen LogP contribution in [0.2, 0.25) is 0 Å². The van der Waals surface area contributed by atoms with Gasteiger partial charge in [-0.15, -0.1) is 0 Å². The fourth-order valence-electron chi connectivity index (χ4n) is 2.42. The summed E-state index contributed by atoms with van der Waals surface area (Å²) in [7, 11) is 0. The van der Waals surface area contributed by atoms with Gasteiger partial charge >= 0.3 is 0 Å². The number of rotatable bonds is 3. The molecule has 0 aliphatic carbocycles. The number of morpholine rings is 1. The number of ether oxygens (including phenoxy) is 1. The van der Waals surface area contributed by atoms with Crippen LogP contribution >= 0.6 is 0 Å². The summed E-state index contributed by atoms with van der Waals surface area (Å²) in [5.74, 6) is 0.347. The van der Waals surface area contributed by atoms with Crippen molar-refractivity contribution in [2.45, 2.75) is 6.54 Å². The maximum atomic E-state index is 10.1. The highest BCUT2D eigenvalue weighted by atomic mass is 16.5. The Labute approximate surface area is 112 Å². The van der Waals surface area contributed by atoms with Gasteiger partial charge in [0.15, 0.2) is 0 Å². The van der Waals surface area contributed by atoms with Crippen LogP contribution in [0.1, 0.15) is 5.56 Å². The van der Waals surface area contributed by atoms with Crippen molar-refractivity contribution >= 4 is 10.8 Å². The SMILES string of the molecule is Oc1ccc2ccccc2c1CNN1CCOCC1. The van der Waals surface area contributed by atoms with E-state index in [2.05, 4.69) is 16.5 Å². The van der Waals surface area contributed by atoms with Gasteiger partial charge in [-0.2, -0.15) is 0 Å². The molecule has 100 valence electrons. The molecule has 0 bridgehead atoms. The van der Waals surface area contributed by atoms with Crippen LogP contribution in [0.5, 0.6) is 5.75 Å². The predicted octanol–water partition coefficient (Wildman–Crippen LogP) is 1.88. The lowest BCUT2D eigenvalue weighted by Gasteiger charge is -2.27. The summed E-state index contributed by atoms with van der Waals surface area (Å²) < 4.78 is 5.31. The molecule has 19 heavy (non-hydrogen) atoms. The van der Waals surface area contributed by atoms with Crippen LogP contribution < -0.4 is 5.43 Å². The van der Waals surface area contributed by atoms with E-state index in [1.807, 2.05) is 24.3 Å². The van der Waals surface area contributed by atoms with Gasteiger partial charge in [0.25, 0.3) is 0 Å². The molecule has 0 amide bonds. The molecule has 1 heterocycles. The number of phenolic OH excluding ortho intramolecular Hbond substituents is 1. The minimum atomic E-state index is 0.347. The van der Waals surface area contributed by atoms with Gasteiger partial charge < -0.3 is 9.84 Å². The Morgan fingerprint density at radius 1 is 1.11 bits per heavy atom. The van der Waals surface area contributed by atoms with Crippen molar-refractivity contribution in [2.75, 3.05) is 26.3 Å². The van der Waals surface area contributed by atoms with E-state index in [9.17, 15) is 5.11 Å². The fourth-order valence-corrected chi connectivity index (χ4v) is 2.42. The minimum Gasteiger partial charge on any atom is -0.508 e. The van der Waals surface area contributed by atoms with Crippen LogP contribution in [0.15, 0.2) is 36.4 Å². The lowest BCUT2D eigenvalue weighted by atomic mass is 10.0. The molecule has 0 spiro atoms. The molecule has 0 saturated carbocycles. The molecule has 0 unspecified atom stereocenters. The second-order valence-electron chi connectivity index (χ2n) is 4.72. The van der Waals surface area contributed by atoms with Crippen LogP contribution in [0, 0.1) is 0 Å². The normalized spacial score (nSPS) is 16.8. The lowest BCUT2D eigenvalue weighted by molar-refractivity contribution is 0.0105. The standard InChI is InChI=1S/C15H18N2O2/c18-15-6-5-12-3-1-2-4-13(12)14(15)11-16-17-7-9-19-10-8-17/h1-6,16,18H,7-11H2. The van der Waals surface area contributed by atoms with Gasteiger partial charge in [-0.25, -0.2) is 5.01 Å². The van der Waals surface area contributed by atoms with Crippen LogP contribution in [0.25, 0.3) is 10.8 Å². The smallest absolute Gasteiger partial charge is 0.120 e. The highest BCUT2D eigenvalue weighted by molar-refractivity contribution is 5.87. The minimum absolute atomic E-state index is 0.347. The predicted molar refractivity (Wildman–Crippen MR) is 74.8 cm³/mol. The van der Waals surface area contributed by atoms with E-state index in [4.69, 9.17) is 4.74 Å². The second-order valence-corrected chi connectivity index (χ2v) is 4.72. The monoisotopic (exact) mass is 258 g/mol. The Balaban J connectivity index is 1.81. The van der Waals surface area contributed by atoms with Crippen LogP contribution in [-0.2, 0) is 11.3 Å². The van der Waals surface area contributed by atoms with E-state index in [-0.39, 0.29) is 0 Å². The average Bonchev–Trinajstić information content (AvgIpc) is 2.47. The molecule has 0 radical (unpaired) electrons. The highest BCUT2D eigenvalue weighted by Crippen LogP contribution is 2.26. The highest BCUT2D eigenvalue weighted by Gasteiger charge is 2.12. The Morgan fingerprint density at radius 2 is 1.89 bits per heavy atom.